The topological polar surface area (TPSA) is 86.8 Å². The molecular weight excluding hydrogens is 260 g/mol. The molecule has 6 heteroatoms. The molecule has 20 heavy (non-hydrogen) atoms. The predicted octanol–water partition coefficient (Wildman–Crippen LogP) is 1.33. The minimum atomic E-state index is -0.782. The van der Waals surface area contributed by atoms with Crippen molar-refractivity contribution in [1.29, 1.82) is 0 Å². The van der Waals surface area contributed by atoms with Crippen LogP contribution in [0.15, 0.2) is 24.3 Å². The van der Waals surface area contributed by atoms with E-state index in [9.17, 15) is 20.3 Å². The van der Waals surface area contributed by atoms with Gasteiger partial charge in [-0.15, -0.1) is 0 Å². The Balaban J connectivity index is 1.99. The van der Waals surface area contributed by atoms with Crippen LogP contribution in [0.5, 0.6) is 0 Å². The number of non-ortho nitro benzene ring substituents is 1. The molecule has 0 bridgehead atoms. The second kappa shape index (κ2) is 6.30. The van der Waals surface area contributed by atoms with E-state index in [4.69, 9.17) is 0 Å². The zero-order chi connectivity index (χ0) is 14.7. The van der Waals surface area contributed by atoms with Crippen molar-refractivity contribution in [3.8, 4) is 0 Å². The third-order valence-corrected chi connectivity index (χ3v) is 3.90. The highest BCUT2D eigenvalue weighted by atomic mass is 16.6. The van der Waals surface area contributed by atoms with Gasteiger partial charge in [0, 0.05) is 25.2 Å². The maximum atomic E-state index is 10.7. The van der Waals surface area contributed by atoms with Crippen molar-refractivity contribution in [1.82, 2.24) is 4.90 Å². The van der Waals surface area contributed by atoms with Crippen LogP contribution in [0.1, 0.15) is 25.0 Å². The fourth-order valence-electron chi connectivity index (χ4n) is 2.48. The molecule has 1 heterocycles. The Bertz CT molecular complexity index is 480. The van der Waals surface area contributed by atoms with Gasteiger partial charge in [-0.2, -0.15) is 0 Å². The van der Waals surface area contributed by atoms with Gasteiger partial charge < -0.3 is 10.2 Å². The number of likely N-dealkylation sites (tertiary alicyclic amines) is 1. The van der Waals surface area contributed by atoms with Gasteiger partial charge in [0.15, 0.2) is 0 Å². The molecular formula is C14H20N2O4. The summed E-state index contributed by atoms with van der Waals surface area (Å²) < 4.78 is 0. The zero-order valence-corrected chi connectivity index (χ0v) is 11.5. The van der Waals surface area contributed by atoms with E-state index in [0.717, 1.165) is 13.0 Å². The lowest BCUT2D eigenvalue weighted by atomic mass is 9.95. The molecule has 2 rings (SSSR count). The first-order valence-electron chi connectivity index (χ1n) is 6.80. The standard InChI is InChI=1S/C14H20N2O4/c1-10-5-6-15(8-13(10)17)9-14(18)11-3-2-4-12(7-11)16(19)20/h2-4,7,10,13-14,17-18H,5-6,8-9H2,1H3. The molecule has 1 saturated heterocycles. The van der Waals surface area contributed by atoms with Gasteiger partial charge in [-0.1, -0.05) is 19.1 Å². The highest BCUT2D eigenvalue weighted by Crippen LogP contribution is 2.23. The predicted molar refractivity (Wildman–Crippen MR) is 74.3 cm³/mol. The number of nitro groups is 1. The van der Waals surface area contributed by atoms with Gasteiger partial charge in [0.2, 0.25) is 0 Å². The summed E-state index contributed by atoms with van der Waals surface area (Å²) in [6.45, 7) is 3.75. The first kappa shape index (κ1) is 14.9. The number of hydrogen-bond donors (Lipinski definition) is 2. The molecule has 3 unspecified atom stereocenters. The summed E-state index contributed by atoms with van der Waals surface area (Å²) in [4.78, 5) is 12.2. The molecule has 6 nitrogen and oxygen atoms in total. The molecule has 0 saturated carbocycles. The number of aliphatic hydroxyl groups is 2. The minimum Gasteiger partial charge on any atom is -0.392 e. The number of nitro benzene ring substituents is 1. The largest absolute Gasteiger partial charge is 0.392 e. The van der Waals surface area contributed by atoms with E-state index >= 15 is 0 Å². The van der Waals surface area contributed by atoms with Crippen molar-refractivity contribution < 1.29 is 15.1 Å². The quantitative estimate of drug-likeness (QED) is 0.642. The van der Waals surface area contributed by atoms with Crippen molar-refractivity contribution in [3.63, 3.8) is 0 Å². The third kappa shape index (κ3) is 3.53. The van der Waals surface area contributed by atoms with Gasteiger partial charge >= 0.3 is 0 Å². The second-order valence-corrected chi connectivity index (χ2v) is 5.46. The van der Waals surface area contributed by atoms with E-state index in [2.05, 4.69) is 0 Å². The summed E-state index contributed by atoms with van der Waals surface area (Å²) >= 11 is 0. The smallest absolute Gasteiger partial charge is 0.269 e. The molecule has 1 aromatic carbocycles. The molecule has 0 radical (unpaired) electrons. The van der Waals surface area contributed by atoms with Gasteiger partial charge in [0.05, 0.1) is 17.1 Å². The molecule has 2 N–H and O–H groups in total. The number of rotatable bonds is 4. The van der Waals surface area contributed by atoms with Crippen molar-refractivity contribution in [2.45, 2.75) is 25.6 Å². The Kier molecular flexibility index (Phi) is 4.69. The van der Waals surface area contributed by atoms with Crippen LogP contribution in [0.3, 0.4) is 0 Å². The molecule has 1 aliphatic rings. The maximum Gasteiger partial charge on any atom is 0.269 e. The van der Waals surface area contributed by atoms with Crippen LogP contribution >= 0.6 is 0 Å². The highest BCUT2D eigenvalue weighted by molar-refractivity contribution is 5.35. The lowest BCUT2D eigenvalue weighted by molar-refractivity contribution is -0.385. The highest BCUT2D eigenvalue weighted by Gasteiger charge is 2.26. The Labute approximate surface area is 117 Å². The molecule has 110 valence electrons. The van der Waals surface area contributed by atoms with Gasteiger partial charge in [0.25, 0.3) is 5.69 Å². The summed E-state index contributed by atoms with van der Waals surface area (Å²) in [7, 11) is 0. The summed E-state index contributed by atoms with van der Waals surface area (Å²) in [5, 5.41) is 30.7. The number of β-amino-alcohol motifs (C(OH)–C–C–N with tert-alkyl or cyclic N) is 2. The third-order valence-electron chi connectivity index (χ3n) is 3.90. The van der Waals surface area contributed by atoms with Crippen molar-refractivity contribution in [2.75, 3.05) is 19.6 Å². The molecule has 1 aliphatic heterocycles. The first-order valence-corrected chi connectivity index (χ1v) is 6.80. The van der Waals surface area contributed by atoms with Gasteiger partial charge in [-0.3, -0.25) is 15.0 Å². The normalized spacial score (nSPS) is 25.4. The van der Waals surface area contributed by atoms with Gasteiger partial charge in [0.1, 0.15) is 0 Å². The number of aliphatic hydroxyl groups excluding tert-OH is 2. The van der Waals surface area contributed by atoms with Crippen LogP contribution in [0, 0.1) is 16.0 Å². The van der Waals surface area contributed by atoms with Crippen LogP contribution in [0.4, 0.5) is 5.69 Å². The van der Waals surface area contributed by atoms with E-state index in [1.807, 2.05) is 11.8 Å². The Morgan fingerprint density at radius 2 is 2.30 bits per heavy atom. The average Bonchev–Trinajstić information content (AvgIpc) is 2.43. The number of benzene rings is 1. The van der Waals surface area contributed by atoms with Gasteiger partial charge in [-0.25, -0.2) is 0 Å². The van der Waals surface area contributed by atoms with Gasteiger partial charge in [-0.05, 0) is 24.4 Å². The maximum absolute atomic E-state index is 10.7. The molecule has 0 spiro atoms. The van der Waals surface area contributed by atoms with Crippen molar-refractivity contribution in [3.05, 3.63) is 39.9 Å². The summed E-state index contributed by atoms with van der Waals surface area (Å²) in [6, 6.07) is 6.06. The Hall–Kier alpha value is -1.50. The van der Waals surface area contributed by atoms with Crippen LogP contribution < -0.4 is 0 Å². The minimum absolute atomic E-state index is 0.0196. The Morgan fingerprint density at radius 3 is 2.95 bits per heavy atom. The molecule has 0 aromatic heterocycles. The fourth-order valence-corrected chi connectivity index (χ4v) is 2.48. The Morgan fingerprint density at radius 1 is 1.55 bits per heavy atom. The van der Waals surface area contributed by atoms with E-state index in [-0.39, 0.29) is 17.7 Å². The summed E-state index contributed by atoms with van der Waals surface area (Å²) in [6.07, 6.45) is -0.264. The van der Waals surface area contributed by atoms with E-state index < -0.39 is 11.0 Å². The second-order valence-electron chi connectivity index (χ2n) is 5.46. The van der Waals surface area contributed by atoms with E-state index in [0.29, 0.717) is 18.7 Å². The molecule has 3 atom stereocenters. The van der Waals surface area contributed by atoms with E-state index in [1.165, 1.54) is 12.1 Å². The molecule has 0 aliphatic carbocycles. The van der Waals surface area contributed by atoms with E-state index in [1.54, 1.807) is 12.1 Å². The average molecular weight is 280 g/mol. The number of piperidine rings is 1. The van der Waals surface area contributed by atoms with Crippen molar-refractivity contribution >= 4 is 5.69 Å². The fraction of sp³-hybridized carbons (Fsp3) is 0.571. The van der Waals surface area contributed by atoms with Crippen LogP contribution in [-0.2, 0) is 0 Å². The lowest BCUT2D eigenvalue weighted by Crippen LogP contribution is -2.44. The SMILES string of the molecule is CC1CCN(CC(O)c2cccc([N+](=O)[O-])c2)CC1O. The molecule has 1 fully saturated rings. The number of hydrogen-bond acceptors (Lipinski definition) is 5. The first-order chi connectivity index (χ1) is 9.47. The summed E-state index contributed by atoms with van der Waals surface area (Å²) in [5.74, 6) is 0.279. The van der Waals surface area contributed by atoms with Crippen LogP contribution in [0.25, 0.3) is 0 Å². The summed E-state index contributed by atoms with van der Waals surface area (Å²) in [5.41, 5.74) is 0.515. The monoisotopic (exact) mass is 280 g/mol. The van der Waals surface area contributed by atoms with Crippen molar-refractivity contribution in [2.24, 2.45) is 5.92 Å². The molecule has 1 aromatic rings. The number of nitrogens with zero attached hydrogens (tertiary/aromatic N) is 2. The van der Waals surface area contributed by atoms with Crippen LogP contribution in [-0.4, -0.2) is 45.8 Å². The molecule has 0 amide bonds. The van der Waals surface area contributed by atoms with Crippen LogP contribution in [0.2, 0.25) is 0 Å². The zero-order valence-electron chi connectivity index (χ0n) is 11.5. The lowest BCUT2D eigenvalue weighted by Gasteiger charge is -2.35.